The number of hydrogen-bond donors (Lipinski definition) is 3. The molecular weight excluding hydrogens is 474 g/mol. The van der Waals surface area contributed by atoms with E-state index in [1.165, 1.54) is 0 Å². The van der Waals surface area contributed by atoms with Crippen molar-refractivity contribution in [1.29, 1.82) is 0 Å². The first-order valence-electron chi connectivity index (χ1n) is 5.35. The van der Waals surface area contributed by atoms with Gasteiger partial charge >= 0.3 is 154 Å². The molecule has 0 saturated carbocycles. The Morgan fingerprint density at radius 1 is 0.682 bits per heavy atom. The summed E-state index contributed by atoms with van der Waals surface area (Å²) in [6, 6.07) is 0. The van der Waals surface area contributed by atoms with Crippen LogP contribution in [0.1, 0.15) is 20.8 Å². The fraction of sp³-hybridized carbons (Fsp3) is 0.667. The standard InChI is InChI=1S/C9H18N4S6.3K/c1-4(10-7(14)15)13(5(2)11-8(16)17)6(3)12-9(18)19;;;/h4-6H,1-3H3,(H2,10,14,15)(H2,11,16,17)(H2,12,18,19);;;/q;3*+1/p-3. The van der Waals surface area contributed by atoms with E-state index < -0.39 is 0 Å². The molecule has 0 aromatic carbocycles. The van der Waals surface area contributed by atoms with Gasteiger partial charge in [0.25, 0.3) is 0 Å². The Bertz CT molecular complexity index is 310. The van der Waals surface area contributed by atoms with E-state index in [1.54, 1.807) is 0 Å². The molecule has 3 unspecified atom stereocenters. The van der Waals surface area contributed by atoms with Gasteiger partial charge in [-0.3, -0.25) is 0 Å². The molecule has 0 aliphatic rings. The Kier molecular flexibility index (Phi) is 30.8. The molecule has 22 heavy (non-hydrogen) atoms. The summed E-state index contributed by atoms with van der Waals surface area (Å²) in [6.07, 6.45) is -0.406. The normalized spacial score (nSPS) is 13.1. The molecule has 0 fully saturated rings. The molecule has 0 aromatic heterocycles. The molecular formula is C9H15K3N4S6. The fourth-order valence-electron chi connectivity index (χ4n) is 1.74. The molecule has 0 bridgehead atoms. The average Bonchev–Trinajstić information content (AvgIpc) is 2.12. The van der Waals surface area contributed by atoms with Crippen LogP contribution in [0.25, 0.3) is 0 Å². The minimum Gasteiger partial charge on any atom is -0.412 e. The van der Waals surface area contributed by atoms with Crippen LogP contribution in [0.4, 0.5) is 0 Å². The molecule has 0 amide bonds. The predicted octanol–water partition coefficient (Wildman–Crippen LogP) is -8.40. The molecule has 4 nitrogen and oxygen atoms in total. The molecule has 0 radical (unpaired) electrons. The summed E-state index contributed by atoms with van der Waals surface area (Å²) in [5.74, 6) is 0. The molecule has 0 saturated heterocycles. The van der Waals surface area contributed by atoms with Gasteiger partial charge in [-0.15, -0.1) is 0 Å². The number of hydrogen-bond acceptors (Lipinski definition) is 7. The van der Waals surface area contributed by atoms with Crippen molar-refractivity contribution < 1.29 is 154 Å². The van der Waals surface area contributed by atoms with Crippen LogP contribution in [0, 0.1) is 0 Å². The van der Waals surface area contributed by atoms with Crippen molar-refractivity contribution in [1.82, 2.24) is 20.9 Å². The van der Waals surface area contributed by atoms with E-state index in [4.69, 9.17) is 74.5 Å². The van der Waals surface area contributed by atoms with Crippen molar-refractivity contribution >= 4 is 87.5 Å². The van der Waals surface area contributed by atoms with E-state index in [0.29, 0.717) is 13.0 Å². The first-order chi connectivity index (χ1) is 8.65. The molecule has 3 N–H and O–H groups in total. The van der Waals surface area contributed by atoms with Crippen LogP contribution in [0.2, 0.25) is 0 Å². The van der Waals surface area contributed by atoms with E-state index in [9.17, 15) is 0 Å². The molecule has 0 aliphatic carbocycles. The number of thiocarbonyl (C=S) groups is 3. The molecule has 0 spiro atoms. The second-order valence-electron chi connectivity index (χ2n) is 3.77. The van der Waals surface area contributed by atoms with Gasteiger partial charge in [0.15, 0.2) is 0 Å². The first kappa shape index (κ1) is 34.7. The van der Waals surface area contributed by atoms with Gasteiger partial charge in [-0.05, 0) is 20.8 Å². The van der Waals surface area contributed by atoms with E-state index in [0.717, 1.165) is 0 Å². The predicted molar refractivity (Wildman–Crippen MR) is 99.5 cm³/mol. The van der Waals surface area contributed by atoms with Crippen LogP contribution in [0.5, 0.6) is 0 Å². The number of nitrogens with zero attached hydrogens (tertiary/aromatic N) is 1. The SMILES string of the molecule is CC(NC(=S)[S-])N(C(C)NC(=S)[S-])C(C)NC(=S)[S-].[K+].[K+].[K+]. The second kappa shape index (κ2) is 19.5. The molecule has 0 aromatic rings. The van der Waals surface area contributed by atoms with Gasteiger partial charge in [0.1, 0.15) is 0 Å². The van der Waals surface area contributed by atoms with Gasteiger partial charge in [0.05, 0.1) is 18.5 Å². The van der Waals surface area contributed by atoms with Gasteiger partial charge in [0, 0.05) is 0 Å². The van der Waals surface area contributed by atoms with Crippen molar-refractivity contribution in [3.05, 3.63) is 0 Å². The van der Waals surface area contributed by atoms with Crippen molar-refractivity contribution in [2.24, 2.45) is 0 Å². The van der Waals surface area contributed by atoms with Crippen molar-refractivity contribution in [3.8, 4) is 0 Å². The second-order valence-corrected chi connectivity index (χ2v) is 7.00. The Balaban J connectivity index is -0.000000540. The van der Waals surface area contributed by atoms with Crippen molar-refractivity contribution in [2.45, 2.75) is 39.3 Å². The van der Waals surface area contributed by atoms with Crippen molar-refractivity contribution in [3.63, 3.8) is 0 Å². The minimum atomic E-state index is -0.135. The number of nitrogens with one attached hydrogen (secondary N) is 3. The third-order valence-corrected chi connectivity index (χ3v) is 3.03. The van der Waals surface area contributed by atoms with E-state index in [1.807, 2.05) is 25.7 Å². The van der Waals surface area contributed by atoms with Crippen LogP contribution < -0.4 is 170 Å². The average molecular weight is 489 g/mol. The fourth-order valence-corrected chi connectivity index (χ4v) is 2.76. The maximum atomic E-state index is 4.88. The Morgan fingerprint density at radius 3 is 1.00 bits per heavy atom. The van der Waals surface area contributed by atoms with E-state index in [2.05, 4.69) is 16.0 Å². The summed E-state index contributed by atoms with van der Waals surface area (Å²) < 4.78 is 0.872. The van der Waals surface area contributed by atoms with Crippen LogP contribution >= 0.6 is 36.7 Å². The zero-order valence-corrected chi connectivity index (χ0v) is 27.9. The topological polar surface area (TPSA) is 39.3 Å². The van der Waals surface area contributed by atoms with Gasteiger partial charge in [-0.1, -0.05) is 13.0 Å². The summed E-state index contributed by atoms with van der Waals surface area (Å²) in [4.78, 5) is 2.00. The molecule has 0 aliphatic heterocycles. The quantitative estimate of drug-likeness (QED) is 0.145. The molecule has 3 atom stereocenters. The summed E-state index contributed by atoms with van der Waals surface area (Å²) in [6.45, 7) is 5.77. The Morgan fingerprint density at radius 2 is 0.864 bits per heavy atom. The molecule has 13 heteroatoms. The van der Waals surface area contributed by atoms with Crippen LogP contribution in [-0.4, -0.2) is 36.4 Å². The first-order valence-corrected chi connectivity index (χ1v) is 7.80. The monoisotopic (exact) mass is 488 g/mol. The minimum absolute atomic E-state index is 0. The summed E-state index contributed by atoms with van der Waals surface area (Å²) in [5.41, 5.74) is 0. The third kappa shape index (κ3) is 17.3. The zero-order chi connectivity index (χ0) is 15.2. The number of rotatable bonds is 6. The maximum Gasteiger partial charge on any atom is 1.00 e. The van der Waals surface area contributed by atoms with Crippen LogP contribution in [0.15, 0.2) is 0 Å². The maximum absolute atomic E-state index is 4.88. The molecule has 0 rings (SSSR count). The zero-order valence-electron chi connectivity index (χ0n) is 13.6. The van der Waals surface area contributed by atoms with Crippen LogP contribution in [0.3, 0.4) is 0 Å². The Labute approximate surface area is 293 Å². The van der Waals surface area contributed by atoms with Gasteiger partial charge < -0.3 is 90.5 Å². The van der Waals surface area contributed by atoms with Crippen molar-refractivity contribution in [2.75, 3.05) is 0 Å². The van der Waals surface area contributed by atoms with E-state index in [-0.39, 0.29) is 173 Å². The Hall–Kier alpha value is 5.20. The van der Waals surface area contributed by atoms with Gasteiger partial charge in [0.2, 0.25) is 0 Å². The summed E-state index contributed by atoms with van der Waals surface area (Å²) in [5, 5.41) is 8.97. The summed E-state index contributed by atoms with van der Waals surface area (Å²) >= 11 is 29.3. The third-order valence-electron chi connectivity index (χ3n) is 2.32. The van der Waals surface area contributed by atoms with Gasteiger partial charge in [-0.2, -0.15) is 0 Å². The van der Waals surface area contributed by atoms with Crippen LogP contribution in [-0.2, 0) is 37.9 Å². The smallest absolute Gasteiger partial charge is 0.412 e. The summed E-state index contributed by atoms with van der Waals surface area (Å²) in [7, 11) is 0. The van der Waals surface area contributed by atoms with Gasteiger partial charge in [-0.25, -0.2) is 4.90 Å². The molecule has 110 valence electrons. The van der Waals surface area contributed by atoms with E-state index >= 15 is 0 Å². The largest absolute Gasteiger partial charge is 1.00 e. The molecule has 0 heterocycles.